The van der Waals surface area contributed by atoms with Crippen molar-refractivity contribution in [2.24, 2.45) is 0 Å². The monoisotopic (exact) mass is 542 g/mol. The molecule has 0 saturated carbocycles. The molecule has 2 saturated heterocycles. The SMILES string of the molecule is Cl.O=C1C(=Cc2ccc(Cl)c(Cl)c2)SC(=S)N1c1ccc(OCCCN2CCCCC2)cc1. The lowest BCUT2D eigenvalue weighted by Gasteiger charge is -2.26. The summed E-state index contributed by atoms with van der Waals surface area (Å²) in [5.74, 6) is 0.644. The number of nitrogens with zero attached hydrogens (tertiary/aromatic N) is 2. The number of carbonyl (C=O) groups is 1. The van der Waals surface area contributed by atoms with Gasteiger partial charge in [-0.1, -0.05) is 59.7 Å². The normalized spacial score (nSPS) is 18.0. The van der Waals surface area contributed by atoms with Crippen molar-refractivity contribution in [3.63, 3.8) is 0 Å². The molecule has 33 heavy (non-hydrogen) atoms. The van der Waals surface area contributed by atoms with Gasteiger partial charge in [0.2, 0.25) is 0 Å². The van der Waals surface area contributed by atoms with Gasteiger partial charge in [0, 0.05) is 6.54 Å². The minimum absolute atomic E-state index is 0. The van der Waals surface area contributed by atoms with Crippen LogP contribution in [0.15, 0.2) is 47.4 Å². The molecule has 0 radical (unpaired) electrons. The minimum atomic E-state index is -0.152. The number of amides is 1. The average molecular weight is 544 g/mol. The van der Waals surface area contributed by atoms with E-state index in [9.17, 15) is 4.79 Å². The Kier molecular flexibility index (Phi) is 9.92. The number of rotatable bonds is 7. The fourth-order valence-corrected chi connectivity index (χ4v) is 5.40. The fraction of sp³-hybridized carbons (Fsp3) is 0.333. The zero-order chi connectivity index (χ0) is 22.5. The van der Waals surface area contributed by atoms with Crippen LogP contribution in [0.2, 0.25) is 10.0 Å². The van der Waals surface area contributed by atoms with E-state index in [1.54, 1.807) is 23.1 Å². The summed E-state index contributed by atoms with van der Waals surface area (Å²) in [7, 11) is 0. The van der Waals surface area contributed by atoms with Gasteiger partial charge in [-0.2, -0.15) is 0 Å². The molecule has 0 N–H and O–H groups in total. The second kappa shape index (κ2) is 12.4. The summed E-state index contributed by atoms with van der Waals surface area (Å²) >= 11 is 18.8. The van der Waals surface area contributed by atoms with E-state index in [-0.39, 0.29) is 18.3 Å². The van der Waals surface area contributed by atoms with E-state index in [4.69, 9.17) is 40.2 Å². The van der Waals surface area contributed by atoms with Crippen LogP contribution in [0.4, 0.5) is 5.69 Å². The Hall–Kier alpha value is -1.28. The van der Waals surface area contributed by atoms with Crippen LogP contribution in [-0.2, 0) is 4.79 Å². The number of hydrogen-bond donors (Lipinski definition) is 0. The van der Waals surface area contributed by atoms with Gasteiger partial charge in [0.15, 0.2) is 4.32 Å². The predicted molar refractivity (Wildman–Crippen MR) is 146 cm³/mol. The molecule has 9 heteroatoms. The summed E-state index contributed by atoms with van der Waals surface area (Å²) < 4.78 is 6.38. The molecule has 4 nitrogen and oxygen atoms in total. The van der Waals surface area contributed by atoms with Crippen LogP contribution in [0.5, 0.6) is 5.75 Å². The van der Waals surface area contributed by atoms with E-state index in [1.807, 2.05) is 30.3 Å². The van der Waals surface area contributed by atoms with E-state index in [0.29, 0.717) is 25.9 Å². The van der Waals surface area contributed by atoms with Crippen molar-refractivity contribution in [3.05, 3.63) is 63.0 Å². The Bertz CT molecular complexity index is 1020. The van der Waals surface area contributed by atoms with E-state index in [0.717, 1.165) is 30.0 Å². The maximum atomic E-state index is 13.0. The second-order valence-electron chi connectivity index (χ2n) is 7.79. The van der Waals surface area contributed by atoms with Crippen LogP contribution in [0, 0.1) is 0 Å². The van der Waals surface area contributed by atoms with Crippen molar-refractivity contribution in [1.82, 2.24) is 4.90 Å². The maximum Gasteiger partial charge on any atom is 0.270 e. The first kappa shape index (κ1) is 26.3. The molecule has 2 aromatic rings. The van der Waals surface area contributed by atoms with Crippen LogP contribution in [0.1, 0.15) is 31.2 Å². The number of thioether (sulfide) groups is 1. The molecule has 2 heterocycles. The van der Waals surface area contributed by atoms with Crippen molar-refractivity contribution in [2.75, 3.05) is 31.1 Å². The van der Waals surface area contributed by atoms with Crippen molar-refractivity contribution >= 4 is 81.6 Å². The summed E-state index contributed by atoms with van der Waals surface area (Å²) in [6.45, 7) is 4.18. The van der Waals surface area contributed by atoms with Gasteiger partial charge in [0.05, 0.1) is 27.2 Å². The fourth-order valence-electron chi connectivity index (χ4n) is 3.80. The van der Waals surface area contributed by atoms with Crippen molar-refractivity contribution in [3.8, 4) is 5.75 Å². The van der Waals surface area contributed by atoms with Crippen molar-refractivity contribution < 1.29 is 9.53 Å². The van der Waals surface area contributed by atoms with E-state index < -0.39 is 0 Å². The molecule has 1 amide bonds. The predicted octanol–water partition coefficient (Wildman–Crippen LogP) is 7.08. The highest BCUT2D eigenvalue weighted by Crippen LogP contribution is 2.37. The molecule has 0 bridgehead atoms. The highest BCUT2D eigenvalue weighted by molar-refractivity contribution is 8.27. The van der Waals surface area contributed by atoms with Crippen LogP contribution in [0.25, 0.3) is 6.08 Å². The molecule has 2 aromatic carbocycles. The molecule has 2 fully saturated rings. The number of thiocarbonyl (C=S) groups is 1. The number of piperidine rings is 1. The first-order valence-electron chi connectivity index (χ1n) is 10.7. The number of hydrogen-bond acceptors (Lipinski definition) is 5. The van der Waals surface area contributed by atoms with Gasteiger partial charge in [-0.25, -0.2) is 0 Å². The molecular weight excluding hydrogens is 519 g/mol. The van der Waals surface area contributed by atoms with Gasteiger partial charge in [-0.3, -0.25) is 9.69 Å². The van der Waals surface area contributed by atoms with Crippen LogP contribution in [0.3, 0.4) is 0 Å². The van der Waals surface area contributed by atoms with Crippen molar-refractivity contribution in [2.45, 2.75) is 25.7 Å². The summed E-state index contributed by atoms with van der Waals surface area (Å²) in [6.07, 6.45) is 6.76. The third kappa shape index (κ3) is 6.87. The van der Waals surface area contributed by atoms with Crippen LogP contribution >= 0.6 is 59.6 Å². The standard InChI is InChI=1S/C24H24Cl2N2O2S2.ClH/c25-20-10-5-17(15-21(20)26)16-22-23(29)28(24(31)32-22)18-6-8-19(9-7-18)30-14-4-13-27-11-2-1-3-12-27;/h5-10,15-16H,1-4,11-14H2;1H. The topological polar surface area (TPSA) is 32.8 Å². The second-order valence-corrected chi connectivity index (χ2v) is 10.3. The lowest BCUT2D eigenvalue weighted by molar-refractivity contribution is -0.113. The lowest BCUT2D eigenvalue weighted by Crippen LogP contribution is -2.31. The van der Waals surface area contributed by atoms with E-state index >= 15 is 0 Å². The summed E-state index contributed by atoms with van der Waals surface area (Å²) in [6, 6.07) is 12.8. The number of halogens is 3. The van der Waals surface area contributed by atoms with Gasteiger partial charge in [0.25, 0.3) is 5.91 Å². The molecule has 176 valence electrons. The summed E-state index contributed by atoms with van der Waals surface area (Å²) in [4.78, 5) is 17.6. The Labute approximate surface area is 220 Å². The maximum absolute atomic E-state index is 13.0. The number of ether oxygens (including phenoxy) is 1. The summed E-state index contributed by atoms with van der Waals surface area (Å²) in [5, 5.41) is 0.924. The van der Waals surface area contributed by atoms with Crippen LogP contribution < -0.4 is 9.64 Å². The Morgan fingerprint density at radius 3 is 2.45 bits per heavy atom. The quantitative estimate of drug-likeness (QED) is 0.212. The highest BCUT2D eigenvalue weighted by Gasteiger charge is 2.33. The number of likely N-dealkylation sites (tertiary alicyclic amines) is 1. The largest absolute Gasteiger partial charge is 0.494 e. The van der Waals surface area contributed by atoms with Gasteiger partial charge in [-0.05, 0) is 80.4 Å². The molecule has 0 spiro atoms. The molecule has 2 aliphatic heterocycles. The Balaban J connectivity index is 0.00000306. The third-order valence-corrected chi connectivity index (χ3v) is 7.51. The molecule has 2 aliphatic rings. The number of carbonyl (C=O) groups excluding carboxylic acids is 1. The molecule has 4 rings (SSSR count). The van der Waals surface area contributed by atoms with Gasteiger partial charge in [0.1, 0.15) is 5.75 Å². The zero-order valence-corrected chi connectivity index (χ0v) is 21.9. The number of benzene rings is 2. The van der Waals surface area contributed by atoms with E-state index in [1.165, 1.54) is 44.1 Å². The molecule has 0 aliphatic carbocycles. The van der Waals surface area contributed by atoms with Crippen LogP contribution in [-0.4, -0.2) is 41.4 Å². The van der Waals surface area contributed by atoms with Gasteiger partial charge in [-0.15, -0.1) is 12.4 Å². The highest BCUT2D eigenvalue weighted by atomic mass is 35.5. The average Bonchev–Trinajstić information content (AvgIpc) is 3.08. The molecule has 0 aromatic heterocycles. The molecule has 0 atom stereocenters. The first-order chi connectivity index (χ1) is 15.5. The zero-order valence-electron chi connectivity index (χ0n) is 18.0. The molecular formula is C24H25Cl3N2O2S2. The Morgan fingerprint density at radius 2 is 1.76 bits per heavy atom. The van der Waals surface area contributed by atoms with Gasteiger partial charge < -0.3 is 9.64 Å². The third-order valence-electron chi connectivity index (χ3n) is 5.47. The molecule has 0 unspecified atom stereocenters. The summed E-state index contributed by atoms with van der Waals surface area (Å²) in [5.41, 5.74) is 1.53. The minimum Gasteiger partial charge on any atom is -0.494 e. The Morgan fingerprint density at radius 1 is 1.03 bits per heavy atom. The number of anilines is 1. The first-order valence-corrected chi connectivity index (χ1v) is 12.7. The van der Waals surface area contributed by atoms with E-state index in [2.05, 4.69) is 4.90 Å². The lowest BCUT2D eigenvalue weighted by atomic mass is 10.1. The van der Waals surface area contributed by atoms with Crippen molar-refractivity contribution in [1.29, 1.82) is 0 Å². The van der Waals surface area contributed by atoms with Gasteiger partial charge >= 0.3 is 0 Å². The smallest absolute Gasteiger partial charge is 0.270 e.